The van der Waals surface area contributed by atoms with Gasteiger partial charge in [0, 0.05) is 11.6 Å². The van der Waals surface area contributed by atoms with Crippen molar-refractivity contribution in [3.63, 3.8) is 0 Å². The number of hydrogen-bond acceptors (Lipinski definition) is 2. The lowest BCUT2D eigenvalue weighted by Gasteiger charge is -2.11. The maximum atomic E-state index is 12.8. The Labute approximate surface area is 93.4 Å². The summed E-state index contributed by atoms with van der Waals surface area (Å²) < 4.78 is 18.4. The lowest BCUT2D eigenvalue weighted by molar-refractivity contribution is 0.0542. The van der Waals surface area contributed by atoms with Gasteiger partial charge in [-0.1, -0.05) is 17.7 Å². The smallest absolute Gasteiger partial charge is 0.124 e. The minimum atomic E-state index is -0.314. The molecule has 1 atom stereocenters. The first-order valence-electron chi connectivity index (χ1n) is 5.02. The van der Waals surface area contributed by atoms with Gasteiger partial charge in [0.1, 0.15) is 5.82 Å². The van der Waals surface area contributed by atoms with Crippen molar-refractivity contribution in [1.82, 2.24) is 5.32 Å². The summed E-state index contributed by atoms with van der Waals surface area (Å²) in [6, 6.07) is 4.38. The third-order valence-corrected chi connectivity index (χ3v) is 2.86. The Kier molecular flexibility index (Phi) is 3.57. The van der Waals surface area contributed by atoms with Crippen molar-refractivity contribution in [2.24, 2.45) is 0 Å². The van der Waals surface area contributed by atoms with E-state index in [-0.39, 0.29) is 11.9 Å². The molecule has 1 heterocycles. The zero-order valence-corrected chi connectivity index (χ0v) is 9.06. The molecule has 0 bridgehead atoms. The van der Waals surface area contributed by atoms with Crippen molar-refractivity contribution >= 4 is 11.6 Å². The van der Waals surface area contributed by atoms with Gasteiger partial charge in [-0.2, -0.15) is 0 Å². The van der Waals surface area contributed by atoms with Crippen LogP contribution in [-0.2, 0) is 11.3 Å². The summed E-state index contributed by atoms with van der Waals surface area (Å²) in [4.78, 5) is 0. The Morgan fingerprint density at radius 3 is 3.07 bits per heavy atom. The van der Waals surface area contributed by atoms with Gasteiger partial charge in [-0.3, -0.25) is 0 Å². The van der Waals surface area contributed by atoms with Crippen LogP contribution in [0, 0.1) is 5.82 Å². The van der Waals surface area contributed by atoms with Crippen LogP contribution in [0.1, 0.15) is 12.0 Å². The fourth-order valence-corrected chi connectivity index (χ4v) is 1.84. The molecule has 0 radical (unpaired) electrons. The predicted molar refractivity (Wildman–Crippen MR) is 57.5 cm³/mol. The van der Waals surface area contributed by atoms with Crippen LogP contribution in [-0.4, -0.2) is 19.2 Å². The summed E-state index contributed by atoms with van der Waals surface area (Å²) in [5, 5.41) is 3.65. The lowest BCUT2D eigenvalue weighted by atomic mass is 10.2. The highest BCUT2D eigenvalue weighted by Gasteiger charge is 2.15. The van der Waals surface area contributed by atoms with Crippen molar-refractivity contribution in [3.8, 4) is 0 Å². The van der Waals surface area contributed by atoms with Gasteiger partial charge in [-0.05, 0) is 30.7 Å². The van der Waals surface area contributed by atoms with E-state index in [1.54, 1.807) is 6.07 Å². The lowest BCUT2D eigenvalue weighted by Crippen LogP contribution is -2.16. The molecule has 0 amide bonds. The van der Waals surface area contributed by atoms with Crippen LogP contribution in [0.5, 0.6) is 0 Å². The van der Waals surface area contributed by atoms with Gasteiger partial charge in [0.15, 0.2) is 0 Å². The Morgan fingerprint density at radius 1 is 1.53 bits per heavy atom. The van der Waals surface area contributed by atoms with E-state index in [0.717, 1.165) is 25.1 Å². The molecule has 1 aromatic carbocycles. The summed E-state index contributed by atoms with van der Waals surface area (Å²) >= 11 is 5.88. The van der Waals surface area contributed by atoms with Crippen molar-refractivity contribution in [2.45, 2.75) is 19.1 Å². The molecule has 0 aromatic heterocycles. The van der Waals surface area contributed by atoms with E-state index in [1.807, 2.05) is 0 Å². The van der Waals surface area contributed by atoms with E-state index in [2.05, 4.69) is 5.32 Å². The Hall–Kier alpha value is -0.640. The minimum Gasteiger partial charge on any atom is -0.372 e. The van der Waals surface area contributed by atoms with Gasteiger partial charge in [-0.25, -0.2) is 4.39 Å². The summed E-state index contributed by atoms with van der Waals surface area (Å²) in [6.45, 7) is 2.34. The second kappa shape index (κ2) is 4.92. The number of halogens is 2. The van der Waals surface area contributed by atoms with Crippen LogP contribution in [0.25, 0.3) is 0 Å². The maximum absolute atomic E-state index is 12.8. The van der Waals surface area contributed by atoms with Crippen molar-refractivity contribution in [2.75, 3.05) is 13.1 Å². The molecule has 0 aliphatic carbocycles. The maximum Gasteiger partial charge on any atom is 0.124 e. The van der Waals surface area contributed by atoms with E-state index in [9.17, 15) is 4.39 Å². The Balaban J connectivity index is 1.92. The molecule has 2 rings (SSSR count). The quantitative estimate of drug-likeness (QED) is 0.859. The first kappa shape index (κ1) is 10.9. The zero-order valence-electron chi connectivity index (χ0n) is 8.30. The highest BCUT2D eigenvalue weighted by molar-refractivity contribution is 6.31. The molecule has 1 unspecified atom stereocenters. The summed E-state index contributed by atoms with van der Waals surface area (Å²) in [5.74, 6) is -0.314. The van der Waals surface area contributed by atoms with Crippen LogP contribution >= 0.6 is 11.6 Å². The number of hydrogen-bond donors (Lipinski definition) is 1. The molecule has 4 heteroatoms. The zero-order chi connectivity index (χ0) is 10.7. The van der Waals surface area contributed by atoms with Gasteiger partial charge < -0.3 is 10.1 Å². The van der Waals surface area contributed by atoms with Gasteiger partial charge in [-0.15, -0.1) is 0 Å². The highest BCUT2D eigenvalue weighted by Crippen LogP contribution is 2.19. The molecule has 1 aliphatic heterocycles. The van der Waals surface area contributed by atoms with Crippen LogP contribution in [0.2, 0.25) is 5.02 Å². The molecule has 1 fully saturated rings. The third-order valence-electron chi connectivity index (χ3n) is 2.50. The van der Waals surface area contributed by atoms with Crippen molar-refractivity contribution in [1.29, 1.82) is 0 Å². The molecule has 0 spiro atoms. The largest absolute Gasteiger partial charge is 0.372 e. The fraction of sp³-hybridized carbons (Fsp3) is 0.455. The van der Waals surface area contributed by atoms with E-state index in [0.29, 0.717) is 11.6 Å². The van der Waals surface area contributed by atoms with Crippen LogP contribution < -0.4 is 5.32 Å². The summed E-state index contributed by atoms with van der Waals surface area (Å²) in [6.07, 6.45) is 1.28. The second-order valence-corrected chi connectivity index (χ2v) is 4.07. The molecule has 2 nitrogen and oxygen atoms in total. The van der Waals surface area contributed by atoms with Gasteiger partial charge in [0.2, 0.25) is 0 Å². The summed E-state index contributed by atoms with van der Waals surface area (Å²) in [5.41, 5.74) is 0.838. The Bertz CT molecular complexity index is 339. The van der Waals surface area contributed by atoms with Crippen LogP contribution in [0.15, 0.2) is 18.2 Å². The Morgan fingerprint density at radius 2 is 2.40 bits per heavy atom. The van der Waals surface area contributed by atoms with E-state index in [4.69, 9.17) is 16.3 Å². The van der Waals surface area contributed by atoms with Gasteiger partial charge >= 0.3 is 0 Å². The molecule has 0 saturated carbocycles. The SMILES string of the molecule is Fc1ccc(COC2CCNC2)c(Cl)c1. The average Bonchev–Trinajstić information content (AvgIpc) is 2.69. The van der Waals surface area contributed by atoms with E-state index < -0.39 is 0 Å². The molecule has 15 heavy (non-hydrogen) atoms. The normalized spacial score (nSPS) is 20.8. The molecule has 82 valence electrons. The van der Waals surface area contributed by atoms with Crippen LogP contribution in [0.3, 0.4) is 0 Å². The topological polar surface area (TPSA) is 21.3 Å². The second-order valence-electron chi connectivity index (χ2n) is 3.66. The molecule has 1 N–H and O–H groups in total. The first-order chi connectivity index (χ1) is 7.25. The predicted octanol–water partition coefficient (Wildman–Crippen LogP) is 2.36. The monoisotopic (exact) mass is 229 g/mol. The number of rotatable bonds is 3. The van der Waals surface area contributed by atoms with E-state index in [1.165, 1.54) is 12.1 Å². The van der Waals surface area contributed by atoms with Crippen molar-refractivity contribution < 1.29 is 9.13 Å². The number of benzene rings is 1. The van der Waals surface area contributed by atoms with Crippen molar-refractivity contribution in [3.05, 3.63) is 34.6 Å². The van der Waals surface area contributed by atoms with E-state index >= 15 is 0 Å². The summed E-state index contributed by atoms with van der Waals surface area (Å²) in [7, 11) is 0. The highest BCUT2D eigenvalue weighted by atomic mass is 35.5. The third kappa shape index (κ3) is 2.91. The fourth-order valence-electron chi connectivity index (χ4n) is 1.62. The number of ether oxygens (including phenoxy) is 1. The molecular formula is C11H13ClFNO. The van der Waals surface area contributed by atoms with Gasteiger partial charge in [0.05, 0.1) is 12.7 Å². The number of nitrogens with one attached hydrogen (secondary N) is 1. The van der Waals surface area contributed by atoms with Crippen LogP contribution in [0.4, 0.5) is 4.39 Å². The molecular weight excluding hydrogens is 217 g/mol. The molecule has 1 aromatic rings. The average molecular weight is 230 g/mol. The standard InChI is InChI=1S/C11H13ClFNO/c12-11-5-9(13)2-1-8(11)7-15-10-3-4-14-6-10/h1-2,5,10,14H,3-4,6-7H2. The van der Waals surface area contributed by atoms with Gasteiger partial charge in [0.25, 0.3) is 0 Å². The molecule has 1 saturated heterocycles. The minimum absolute atomic E-state index is 0.256. The first-order valence-corrected chi connectivity index (χ1v) is 5.40. The molecule has 1 aliphatic rings.